The fourth-order valence-electron chi connectivity index (χ4n) is 6.41. The van der Waals surface area contributed by atoms with Crippen LogP contribution in [0.2, 0.25) is 0 Å². The van der Waals surface area contributed by atoms with Crippen molar-refractivity contribution in [3.63, 3.8) is 0 Å². The number of sulfonamides is 1. The van der Waals surface area contributed by atoms with Gasteiger partial charge in [-0.05, 0) is 79.4 Å². The first-order valence-corrected chi connectivity index (χ1v) is 16.7. The molecule has 248 valence electrons. The van der Waals surface area contributed by atoms with Crippen LogP contribution in [0.1, 0.15) is 36.0 Å². The van der Waals surface area contributed by atoms with Crippen LogP contribution in [0.3, 0.4) is 0 Å². The zero-order chi connectivity index (χ0) is 33.7. The molecule has 0 bridgehead atoms. The molecule has 4 N–H and O–H groups in total. The molecular formula is C35H37F3N4O4S. The van der Waals surface area contributed by atoms with Crippen LogP contribution < -0.4 is 11.1 Å². The van der Waals surface area contributed by atoms with Crippen molar-refractivity contribution in [1.82, 2.24) is 9.21 Å². The summed E-state index contributed by atoms with van der Waals surface area (Å²) in [4.78, 5) is 13.2. The van der Waals surface area contributed by atoms with Crippen molar-refractivity contribution >= 4 is 21.8 Å². The molecule has 3 atom stereocenters. The van der Waals surface area contributed by atoms with Crippen LogP contribution in [-0.4, -0.2) is 66.6 Å². The predicted molar refractivity (Wildman–Crippen MR) is 174 cm³/mol. The van der Waals surface area contributed by atoms with E-state index in [2.05, 4.69) is 5.32 Å². The summed E-state index contributed by atoms with van der Waals surface area (Å²) in [7, 11) is -3.99. The number of carboxylic acid groups (broad SMARTS) is 1. The molecular weight excluding hydrogens is 629 g/mol. The highest BCUT2D eigenvalue weighted by Crippen LogP contribution is 2.31. The van der Waals surface area contributed by atoms with Gasteiger partial charge in [-0.25, -0.2) is 26.4 Å². The Morgan fingerprint density at radius 2 is 1.53 bits per heavy atom. The molecule has 0 aromatic heterocycles. The van der Waals surface area contributed by atoms with E-state index in [1.807, 2.05) is 0 Å². The van der Waals surface area contributed by atoms with Gasteiger partial charge >= 0.3 is 6.09 Å². The second-order valence-electron chi connectivity index (χ2n) is 11.8. The highest BCUT2D eigenvalue weighted by molar-refractivity contribution is 7.89. The standard InChI is InChI=1S/C35H37F3N4O4S/c1-23-21-41(35(43)44)22-28(42(23)47(45,46)29-12-3-2-4-13-29)16-17-30-31(38)14-7-15-33(30)40-20-32(39)34(24-8-5-10-26(36)18-24)25-9-6-11-27(37)19-25/h2-15,18-19,23,28,32,34,40H,16-17,20-22,39H2,1H3,(H,43,44)/t23?,28?,32-/m1/s1. The van der Waals surface area contributed by atoms with Crippen LogP contribution in [0.15, 0.2) is 102 Å². The highest BCUT2D eigenvalue weighted by Gasteiger charge is 2.41. The maximum Gasteiger partial charge on any atom is 0.407 e. The number of hydrogen-bond acceptors (Lipinski definition) is 5. The Balaban J connectivity index is 1.39. The smallest absolute Gasteiger partial charge is 0.407 e. The van der Waals surface area contributed by atoms with Gasteiger partial charge < -0.3 is 21.1 Å². The van der Waals surface area contributed by atoms with E-state index in [0.717, 1.165) is 0 Å². The lowest BCUT2D eigenvalue weighted by Crippen LogP contribution is -2.60. The van der Waals surface area contributed by atoms with Gasteiger partial charge in [0.25, 0.3) is 0 Å². The summed E-state index contributed by atoms with van der Waals surface area (Å²) in [5.74, 6) is -2.03. The number of anilines is 1. The molecule has 4 aromatic rings. The Morgan fingerprint density at radius 1 is 0.915 bits per heavy atom. The largest absolute Gasteiger partial charge is 0.465 e. The van der Waals surface area contributed by atoms with Crippen LogP contribution in [0.25, 0.3) is 0 Å². The lowest BCUT2D eigenvalue weighted by molar-refractivity contribution is 0.0781. The third-order valence-electron chi connectivity index (χ3n) is 8.52. The monoisotopic (exact) mass is 666 g/mol. The number of nitrogens with zero attached hydrogens (tertiary/aromatic N) is 2. The summed E-state index contributed by atoms with van der Waals surface area (Å²) >= 11 is 0. The van der Waals surface area contributed by atoms with E-state index in [9.17, 15) is 27.1 Å². The second-order valence-corrected chi connectivity index (χ2v) is 13.6. The summed E-state index contributed by atoms with van der Waals surface area (Å²) in [6.45, 7) is 1.69. The van der Waals surface area contributed by atoms with Gasteiger partial charge in [0.1, 0.15) is 17.5 Å². The van der Waals surface area contributed by atoms with Gasteiger partial charge in [-0.2, -0.15) is 4.31 Å². The molecule has 12 heteroatoms. The number of nitrogens with one attached hydrogen (secondary N) is 1. The van der Waals surface area contributed by atoms with Crippen LogP contribution >= 0.6 is 0 Å². The molecule has 1 aliphatic heterocycles. The molecule has 1 fully saturated rings. The molecule has 1 saturated heterocycles. The van der Waals surface area contributed by atoms with E-state index in [-0.39, 0.29) is 42.9 Å². The number of rotatable bonds is 11. The number of nitrogens with two attached hydrogens (primary N) is 1. The molecule has 1 heterocycles. The number of piperazine rings is 1. The van der Waals surface area contributed by atoms with Gasteiger partial charge in [-0.1, -0.05) is 48.5 Å². The molecule has 1 amide bonds. The lowest BCUT2D eigenvalue weighted by Gasteiger charge is -2.43. The number of hydrogen-bond donors (Lipinski definition) is 3. The maximum absolute atomic E-state index is 15.4. The first-order valence-electron chi connectivity index (χ1n) is 15.3. The Hall–Kier alpha value is -4.39. The average molecular weight is 667 g/mol. The van der Waals surface area contributed by atoms with Gasteiger partial charge in [0.2, 0.25) is 10.0 Å². The molecule has 4 aromatic carbocycles. The third kappa shape index (κ3) is 7.78. The van der Waals surface area contributed by atoms with Gasteiger partial charge in [-0.3, -0.25) is 0 Å². The predicted octanol–water partition coefficient (Wildman–Crippen LogP) is 6.05. The molecule has 0 spiro atoms. The summed E-state index contributed by atoms with van der Waals surface area (Å²) < 4.78 is 72.7. The van der Waals surface area contributed by atoms with Crippen LogP contribution in [-0.2, 0) is 16.4 Å². The van der Waals surface area contributed by atoms with Crippen molar-refractivity contribution in [2.24, 2.45) is 5.73 Å². The van der Waals surface area contributed by atoms with Gasteiger partial charge in [0, 0.05) is 54.9 Å². The molecule has 5 rings (SSSR count). The van der Waals surface area contributed by atoms with Crippen molar-refractivity contribution in [1.29, 1.82) is 0 Å². The van der Waals surface area contributed by atoms with Gasteiger partial charge in [0.15, 0.2) is 0 Å². The molecule has 0 aliphatic carbocycles. The van der Waals surface area contributed by atoms with Crippen molar-refractivity contribution in [3.8, 4) is 0 Å². The van der Waals surface area contributed by atoms with Gasteiger partial charge in [-0.15, -0.1) is 0 Å². The highest BCUT2D eigenvalue weighted by atomic mass is 32.2. The number of benzene rings is 4. The molecule has 2 unspecified atom stereocenters. The lowest BCUT2D eigenvalue weighted by atomic mass is 9.85. The fourth-order valence-corrected chi connectivity index (χ4v) is 8.26. The van der Waals surface area contributed by atoms with Crippen molar-refractivity contribution < 1.29 is 31.5 Å². The van der Waals surface area contributed by atoms with E-state index in [1.54, 1.807) is 55.5 Å². The summed E-state index contributed by atoms with van der Waals surface area (Å²) in [5.41, 5.74) is 8.47. The first kappa shape index (κ1) is 34.0. The Labute approximate surface area is 272 Å². The topological polar surface area (TPSA) is 116 Å². The van der Waals surface area contributed by atoms with Crippen LogP contribution in [0.5, 0.6) is 0 Å². The number of amides is 1. The SMILES string of the molecule is CC1CN(C(=O)O)CC(CCc2c(F)cccc2NC[C@@H](N)C(c2cccc(F)c2)c2cccc(F)c2)N1S(=O)(=O)c1ccccc1. The number of halogens is 3. The molecule has 8 nitrogen and oxygen atoms in total. The van der Waals surface area contributed by atoms with Crippen LogP contribution in [0.4, 0.5) is 23.7 Å². The molecule has 1 aliphatic rings. The van der Waals surface area contributed by atoms with Crippen molar-refractivity contribution in [3.05, 3.63) is 131 Å². The third-order valence-corrected chi connectivity index (χ3v) is 10.6. The quantitative estimate of drug-likeness (QED) is 0.180. The maximum atomic E-state index is 15.4. The molecule has 0 saturated carbocycles. The van der Waals surface area contributed by atoms with E-state index in [1.165, 1.54) is 57.7 Å². The molecule has 0 radical (unpaired) electrons. The van der Waals surface area contributed by atoms with Crippen molar-refractivity contribution in [2.75, 3.05) is 25.0 Å². The normalized spacial score (nSPS) is 17.9. The van der Waals surface area contributed by atoms with Gasteiger partial charge in [0.05, 0.1) is 4.90 Å². The summed E-state index contributed by atoms with van der Waals surface area (Å²) in [6.07, 6.45) is -0.934. The van der Waals surface area contributed by atoms with E-state index in [4.69, 9.17) is 5.73 Å². The zero-order valence-corrected chi connectivity index (χ0v) is 26.6. The minimum Gasteiger partial charge on any atom is -0.465 e. The van der Waals surface area contributed by atoms with E-state index in [0.29, 0.717) is 16.8 Å². The van der Waals surface area contributed by atoms with Crippen LogP contribution in [0, 0.1) is 17.5 Å². The summed E-state index contributed by atoms with van der Waals surface area (Å²) in [5, 5.41) is 13.0. The average Bonchev–Trinajstić information content (AvgIpc) is 3.03. The Bertz CT molecular complexity index is 1770. The molecule has 47 heavy (non-hydrogen) atoms. The van der Waals surface area contributed by atoms with Crippen molar-refractivity contribution in [2.45, 2.75) is 48.7 Å². The van der Waals surface area contributed by atoms with E-state index < -0.39 is 57.6 Å². The Morgan fingerprint density at radius 3 is 2.13 bits per heavy atom. The number of carbonyl (C=O) groups is 1. The first-order chi connectivity index (χ1) is 22.5. The Kier molecular flexibility index (Phi) is 10.5. The second kappa shape index (κ2) is 14.6. The summed E-state index contributed by atoms with van der Waals surface area (Å²) in [6, 6.07) is 22.2. The fraction of sp³-hybridized carbons (Fsp3) is 0.286. The zero-order valence-electron chi connectivity index (χ0n) is 25.8. The minimum absolute atomic E-state index is 0.0000828. The minimum atomic E-state index is -3.99. The van der Waals surface area contributed by atoms with E-state index >= 15 is 4.39 Å².